The fourth-order valence-electron chi connectivity index (χ4n) is 2.87. The molecule has 28 heavy (non-hydrogen) atoms. The molecule has 0 radical (unpaired) electrons. The summed E-state index contributed by atoms with van der Waals surface area (Å²) in [7, 11) is 0. The standard InChI is InChI=1S/C20H12N2O4S2/c23-16-10-13(4-5-14(16)19(25)26)22-18(24)17(28-20(22)27)9-11-3-6-15-12(8-11)2-1-7-21-15/h1-10,23H,(H,25,26)/b17-9-. The van der Waals surface area contributed by atoms with Gasteiger partial charge in [0.1, 0.15) is 11.3 Å². The van der Waals surface area contributed by atoms with Gasteiger partial charge in [0.25, 0.3) is 5.91 Å². The maximum absolute atomic E-state index is 12.9. The number of amides is 1. The number of rotatable bonds is 3. The third-order valence-electron chi connectivity index (χ3n) is 4.19. The number of fused-ring (bicyclic) bond motifs is 1. The summed E-state index contributed by atoms with van der Waals surface area (Å²) in [5.41, 5.74) is 1.77. The highest BCUT2D eigenvalue weighted by Gasteiger charge is 2.33. The quantitative estimate of drug-likeness (QED) is 0.499. The van der Waals surface area contributed by atoms with Gasteiger partial charge in [-0.15, -0.1) is 0 Å². The zero-order chi connectivity index (χ0) is 19.8. The van der Waals surface area contributed by atoms with E-state index in [1.807, 2.05) is 30.3 Å². The van der Waals surface area contributed by atoms with Crippen molar-refractivity contribution in [1.29, 1.82) is 0 Å². The number of carbonyl (C=O) groups is 2. The molecule has 8 heteroatoms. The van der Waals surface area contributed by atoms with Gasteiger partial charge in [-0.05, 0) is 42.0 Å². The molecule has 1 saturated heterocycles. The van der Waals surface area contributed by atoms with E-state index in [0.29, 0.717) is 14.9 Å². The van der Waals surface area contributed by atoms with Crippen molar-refractivity contribution in [2.45, 2.75) is 0 Å². The summed E-state index contributed by atoms with van der Waals surface area (Å²) < 4.78 is 0.307. The number of nitrogens with zero attached hydrogens (tertiary/aromatic N) is 2. The molecule has 0 aliphatic carbocycles. The average molecular weight is 408 g/mol. The van der Waals surface area contributed by atoms with Gasteiger partial charge in [0.05, 0.1) is 16.1 Å². The topological polar surface area (TPSA) is 90.7 Å². The van der Waals surface area contributed by atoms with Crippen molar-refractivity contribution in [1.82, 2.24) is 4.98 Å². The average Bonchev–Trinajstić information content (AvgIpc) is 2.94. The minimum absolute atomic E-state index is 0.241. The molecule has 1 aliphatic rings. The Morgan fingerprint density at radius 3 is 2.75 bits per heavy atom. The Balaban J connectivity index is 1.67. The second kappa shape index (κ2) is 7.06. The number of phenols is 1. The molecule has 0 unspecified atom stereocenters. The predicted octanol–water partition coefficient (Wildman–Crippen LogP) is 4.04. The van der Waals surface area contributed by atoms with Crippen LogP contribution in [0.5, 0.6) is 5.75 Å². The molecule has 6 nitrogen and oxygen atoms in total. The third kappa shape index (κ3) is 3.23. The molecular weight excluding hydrogens is 396 g/mol. The van der Waals surface area contributed by atoms with E-state index in [0.717, 1.165) is 28.2 Å². The lowest BCUT2D eigenvalue weighted by atomic mass is 10.1. The van der Waals surface area contributed by atoms with E-state index >= 15 is 0 Å². The van der Waals surface area contributed by atoms with Gasteiger partial charge in [0, 0.05) is 17.6 Å². The van der Waals surface area contributed by atoms with Gasteiger partial charge in [-0.1, -0.05) is 36.1 Å². The fourth-order valence-corrected chi connectivity index (χ4v) is 4.16. The van der Waals surface area contributed by atoms with Crippen LogP contribution < -0.4 is 4.90 Å². The first-order chi connectivity index (χ1) is 13.4. The predicted molar refractivity (Wildman–Crippen MR) is 112 cm³/mol. The zero-order valence-electron chi connectivity index (χ0n) is 14.2. The summed E-state index contributed by atoms with van der Waals surface area (Å²) >= 11 is 6.47. The Kier molecular flexibility index (Phi) is 4.58. The second-order valence-electron chi connectivity index (χ2n) is 5.98. The van der Waals surface area contributed by atoms with E-state index in [1.54, 1.807) is 12.3 Å². The Bertz CT molecular complexity index is 1190. The van der Waals surface area contributed by atoms with Crippen LogP contribution in [-0.4, -0.2) is 31.4 Å². The molecule has 2 N–H and O–H groups in total. The van der Waals surface area contributed by atoms with Crippen molar-refractivity contribution in [3.63, 3.8) is 0 Å². The number of aromatic carboxylic acids is 1. The second-order valence-corrected chi connectivity index (χ2v) is 7.66. The van der Waals surface area contributed by atoms with Crippen molar-refractivity contribution in [2.75, 3.05) is 4.90 Å². The smallest absolute Gasteiger partial charge is 0.339 e. The summed E-state index contributed by atoms with van der Waals surface area (Å²) in [5, 5.41) is 19.9. The van der Waals surface area contributed by atoms with Gasteiger partial charge in [-0.25, -0.2) is 4.79 Å². The summed E-state index contributed by atoms with van der Waals surface area (Å²) in [6.07, 6.45) is 3.47. The van der Waals surface area contributed by atoms with Gasteiger partial charge in [0.15, 0.2) is 4.32 Å². The summed E-state index contributed by atoms with van der Waals surface area (Å²) in [4.78, 5) is 29.9. The first-order valence-corrected chi connectivity index (χ1v) is 9.35. The lowest BCUT2D eigenvalue weighted by molar-refractivity contribution is -0.113. The molecule has 3 aromatic rings. The number of carboxylic acid groups (broad SMARTS) is 1. The Morgan fingerprint density at radius 2 is 2.00 bits per heavy atom. The van der Waals surface area contributed by atoms with Crippen molar-refractivity contribution >= 4 is 62.8 Å². The molecule has 4 rings (SSSR count). The highest BCUT2D eigenvalue weighted by atomic mass is 32.2. The summed E-state index contributed by atoms with van der Waals surface area (Å²) in [6.45, 7) is 0. The van der Waals surface area contributed by atoms with Crippen LogP contribution >= 0.6 is 24.0 Å². The lowest BCUT2D eigenvalue weighted by Crippen LogP contribution is -2.27. The van der Waals surface area contributed by atoms with Crippen molar-refractivity contribution in [3.05, 3.63) is 70.8 Å². The van der Waals surface area contributed by atoms with Crippen molar-refractivity contribution < 1.29 is 19.8 Å². The van der Waals surface area contributed by atoms with Crippen LogP contribution in [0.4, 0.5) is 5.69 Å². The van der Waals surface area contributed by atoms with Crippen LogP contribution in [0.2, 0.25) is 0 Å². The number of anilines is 1. The lowest BCUT2D eigenvalue weighted by Gasteiger charge is -2.15. The van der Waals surface area contributed by atoms with Gasteiger partial charge < -0.3 is 10.2 Å². The Labute approximate surface area is 169 Å². The number of benzene rings is 2. The van der Waals surface area contributed by atoms with Crippen LogP contribution in [0.25, 0.3) is 17.0 Å². The van der Waals surface area contributed by atoms with Crippen molar-refractivity contribution in [3.8, 4) is 5.75 Å². The molecule has 0 bridgehead atoms. The van der Waals surface area contributed by atoms with E-state index < -0.39 is 11.7 Å². The first kappa shape index (κ1) is 18.1. The first-order valence-electron chi connectivity index (χ1n) is 8.13. The van der Waals surface area contributed by atoms with Crippen LogP contribution in [0.15, 0.2) is 59.6 Å². The number of thioether (sulfide) groups is 1. The third-order valence-corrected chi connectivity index (χ3v) is 5.49. The molecule has 1 fully saturated rings. The summed E-state index contributed by atoms with van der Waals surface area (Å²) in [5.74, 6) is -2.01. The zero-order valence-corrected chi connectivity index (χ0v) is 15.8. The highest BCUT2D eigenvalue weighted by molar-refractivity contribution is 8.27. The summed E-state index contributed by atoms with van der Waals surface area (Å²) in [6, 6.07) is 13.4. The van der Waals surface area contributed by atoms with Gasteiger partial charge in [-0.2, -0.15) is 0 Å². The molecule has 1 amide bonds. The molecule has 2 aromatic carbocycles. The molecule has 0 saturated carbocycles. The van der Waals surface area contributed by atoms with Crippen LogP contribution in [0.1, 0.15) is 15.9 Å². The molecule has 138 valence electrons. The molecule has 0 atom stereocenters. The van der Waals surface area contributed by atoms with Gasteiger partial charge in [0.2, 0.25) is 0 Å². The van der Waals surface area contributed by atoms with Crippen molar-refractivity contribution in [2.24, 2.45) is 0 Å². The van der Waals surface area contributed by atoms with Crippen LogP contribution in [0, 0.1) is 0 Å². The highest BCUT2D eigenvalue weighted by Crippen LogP contribution is 2.37. The van der Waals surface area contributed by atoms with E-state index in [1.165, 1.54) is 23.1 Å². The minimum Gasteiger partial charge on any atom is -0.507 e. The van der Waals surface area contributed by atoms with Crippen LogP contribution in [0.3, 0.4) is 0 Å². The number of pyridine rings is 1. The number of carbonyl (C=O) groups excluding carboxylic acids is 1. The number of hydrogen-bond acceptors (Lipinski definition) is 6. The normalized spacial score (nSPS) is 15.6. The maximum Gasteiger partial charge on any atom is 0.339 e. The SMILES string of the molecule is O=C(O)c1ccc(N2C(=O)/C(=C/c3ccc4ncccc4c3)SC2=S)cc1O. The Hall–Kier alpha value is -3.23. The molecule has 1 aliphatic heterocycles. The van der Waals surface area contributed by atoms with Gasteiger partial charge in [-0.3, -0.25) is 14.7 Å². The van der Waals surface area contributed by atoms with E-state index in [4.69, 9.17) is 17.3 Å². The monoisotopic (exact) mass is 408 g/mol. The number of aromatic hydroxyl groups is 1. The molecular formula is C20H12N2O4S2. The number of hydrogen-bond donors (Lipinski definition) is 2. The van der Waals surface area contributed by atoms with Gasteiger partial charge >= 0.3 is 5.97 Å². The molecule has 0 spiro atoms. The van der Waals surface area contributed by atoms with E-state index in [2.05, 4.69) is 4.98 Å². The van der Waals surface area contributed by atoms with Crippen LogP contribution in [-0.2, 0) is 4.79 Å². The maximum atomic E-state index is 12.9. The number of thiocarbonyl (C=S) groups is 1. The number of aromatic nitrogens is 1. The largest absolute Gasteiger partial charge is 0.507 e. The Morgan fingerprint density at radius 1 is 1.18 bits per heavy atom. The fraction of sp³-hybridized carbons (Fsp3) is 0. The van der Waals surface area contributed by atoms with E-state index in [9.17, 15) is 14.7 Å². The molecule has 1 aromatic heterocycles. The minimum atomic E-state index is -1.25. The molecule has 2 heterocycles. The number of carboxylic acids is 1. The van der Waals surface area contributed by atoms with E-state index in [-0.39, 0.29) is 11.5 Å².